The summed E-state index contributed by atoms with van der Waals surface area (Å²) in [5.41, 5.74) is 0. The summed E-state index contributed by atoms with van der Waals surface area (Å²) in [6.45, 7) is 2.71. The number of hydrogen-bond acceptors (Lipinski definition) is 3. The molecule has 0 atom stereocenters. The molecule has 3 nitrogen and oxygen atoms in total. The Morgan fingerprint density at radius 1 is 1.33 bits per heavy atom. The van der Waals surface area contributed by atoms with E-state index in [4.69, 9.17) is 16.9 Å². The second-order valence-corrected chi connectivity index (χ2v) is 6.43. The Bertz CT molecular complexity index is 514. The number of hydrogen-bond donors (Lipinski definition) is 0. The van der Waals surface area contributed by atoms with Crippen molar-refractivity contribution >= 4 is 21.4 Å². The van der Waals surface area contributed by atoms with Crippen molar-refractivity contribution in [3.8, 4) is 6.07 Å². The zero-order valence-corrected chi connectivity index (χ0v) is 9.93. The highest BCUT2D eigenvalue weighted by molar-refractivity contribution is 7.93. The minimum Gasteiger partial charge on any atom is -0.222 e. The molecule has 5 heteroatoms. The topological polar surface area (TPSA) is 57.9 Å². The highest BCUT2D eigenvalue weighted by atomic mass is 35.5. The fourth-order valence-corrected chi connectivity index (χ4v) is 2.69. The van der Waals surface area contributed by atoms with Crippen molar-refractivity contribution in [3.05, 3.63) is 29.3 Å². The lowest BCUT2D eigenvalue weighted by Crippen LogP contribution is -2.30. The molecule has 0 aliphatic carbocycles. The van der Waals surface area contributed by atoms with Crippen molar-refractivity contribution in [2.24, 2.45) is 0 Å². The van der Waals surface area contributed by atoms with Gasteiger partial charge in [-0.3, -0.25) is 0 Å². The third-order valence-electron chi connectivity index (χ3n) is 2.07. The van der Waals surface area contributed by atoms with Crippen LogP contribution in [0.2, 0.25) is 5.02 Å². The molecular weight excluding hydrogens is 234 g/mol. The van der Waals surface area contributed by atoms with Gasteiger partial charge < -0.3 is 0 Å². The molecule has 0 amide bonds. The van der Waals surface area contributed by atoms with Crippen molar-refractivity contribution < 1.29 is 8.42 Å². The van der Waals surface area contributed by atoms with Crippen LogP contribution in [0.3, 0.4) is 0 Å². The second kappa shape index (κ2) is 3.84. The number of halogens is 1. The van der Waals surface area contributed by atoms with Gasteiger partial charge in [-0.05, 0) is 26.0 Å². The summed E-state index contributed by atoms with van der Waals surface area (Å²) in [6, 6.07) is 7.86. The minimum atomic E-state index is -3.71. The maximum atomic E-state index is 12.0. The van der Waals surface area contributed by atoms with Crippen LogP contribution in [0.4, 0.5) is 0 Å². The number of benzene rings is 1. The van der Waals surface area contributed by atoms with E-state index in [2.05, 4.69) is 0 Å². The number of sulfone groups is 1. The summed E-state index contributed by atoms with van der Waals surface area (Å²) in [7, 11) is -3.71. The van der Waals surface area contributed by atoms with E-state index < -0.39 is 14.6 Å². The first kappa shape index (κ1) is 12.0. The van der Waals surface area contributed by atoms with Crippen LogP contribution in [0.15, 0.2) is 29.2 Å². The molecule has 80 valence electrons. The van der Waals surface area contributed by atoms with E-state index in [1.165, 1.54) is 26.0 Å². The van der Waals surface area contributed by atoms with Gasteiger partial charge in [-0.1, -0.05) is 23.7 Å². The average Bonchev–Trinajstić information content (AvgIpc) is 2.18. The lowest BCUT2D eigenvalue weighted by molar-refractivity contribution is 0.574. The molecule has 0 N–H and O–H groups in total. The standard InChI is InChI=1S/C10H10ClNO2S/c1-10(2,7-12)15(13,14)9-6-4-3-5-8(9)11/h3-6H,1-2H3. The first-order valence-electron chi connectivity index (χ1n) is 4.23. The normalized spacial score (nSPS) is 12.1. The first-order chi connectivity index (χ1) is 6.83. The number of nitrogens with zero attached hydrogens (tertiary/aromatic N) is 1. The molecule has 1 aromatic carbocycles. The fourth-order valence-electron chi connectivity index (χ4n) is 0.998. The Kier molecular flexibility index (Phi) is 3.08. The average molecular weight is 244 g/mol. The van der Waals surface area contributed by atoms with Gasteiger partial charge >= 0.3 is 0 Å². The summed E-state index contributed by atoms with van der Waals surface area (Å²) < 4.78 is 22.5. The van der Waals surface area contributed by atoms with Gasteiger partial charge in [-0.15, -0.1) is 0 Å². The van der Waals surface area contributed by atoms with Crippen molar-refractivity contribution in [2.45, 2.75) is 23.5 Å². The van der Waals surface area contributed by atoms with Crippen LogP contribution in [0.25, 0.3) is 0 Å². The molecule has 0 aliphatic heterocycles. The molecule has 0 radical (unpaired) electrons. The van der Waals surface area contributed by atoms with Gasteiger partial charge in [-0.25, -0.2) is 8.42 Å². The molecule has 0 saturated heterocycles. The van der Waals surface area contributed by atoms with Crippen LogP contribution >= 0.6 is 11.6 Å². The van der Waals surface area contributed by atoms with Crippen LogP contribution in [-0.2, 0) is 9.84 Å². The van der Waals surface area contributed by atoms with Crippen molar-refractivity contribution in [1.82, 2.24) is 0 Å². The van der Waals surface area contributed by atoms with Gasteiger partial charge in [0.1, 0.15) is 0 Å². The lowest BCUT2D eigenvalue weighted by atomic mass is 10.2. The Balaban J connectivity index is 3.45. The van der Waals surface area contributed by atoms with E-state index in [9.17, 15) is 8.42 Å². The predicted molar refractivity (Wildman–Crippen MR) is 58.3 cm³/mol. The van der Waals surface area contributed by atoms with Crippen LogP contribution in [-0.4, -0.2) is 13.2 Å². The zero-order valence-electron chi connectivity index (χ0n) is 8.36. The van der Waals surface area contributed by atoms with Crippen LogP contribution in [0.5, 0.6) is 0 Å². The van der Waals surface area contributed by atoms with E-state index in [1.54, 1.807) is 18.2 Å². The maximum absolute atomic E-state index is 12.0. The second-order valence-electron chi connectivity index (χ2n) is 3.56. The van der Waals surface area contributed by atoms with Gasteiger partial charge in [0.15, 0.2) is 14.6 Å². The molecule has 1 rings (SSSR count). The fraction of sp³-hybridized carbons (Fsp3) is 0.300. The van der Waals surface area contributed by atoms with E-state index in [1.807, 2.05) is 0 Å². The maximum Gasteiger partial charge on any atom is 0.198 e. The summed E-state index contributed by atoms with van der Waals surface area (Å²) in [4.78, 5) is -0.00165. The quantitative estimate of drug-likeness (QED) is 0.802. The zero-order chi connectivity index (χ0) is 11.7. The van der Waals surface area contributed by atoms with E-state index in [0.717, 1.165) is 0 Å². The van der Waals surface area contributed by atoms with E-state index in [0.29, 0.717) is 0 Å². The predicted octanol–water partition coefficient (Wildman–Crippen LogP) is 2.42. The van der Waals surface area contributed by atoms with Gasteiger partial charge in [0.05, 0.1) is 16.0 Å². The number of rotatable bonds is 2. The monoisotopic (exact) mass is 243 g/mol. The molecule has 0 bridgehead atoms. The van der Waals surface area contributed by atoms with Gasteiger partial charge in [0.2, 0.25) is 0 Å². The largest absolute Gasteiger partial charge is 0.222 e. The van der Waals surface area contributed by atoms with Gasteiger partial charge in [0.25, 0.3) is 0 Å². The van der Waals surface area contributed by atoms with Crippen LogP contribution < -0.4 is 0 Å². The third-order valence-corrected chi connectivity index (χ3v) is 4.88. The summed E-state index contributed by atoms with van der Waals surface area (Å²) in [6.07, 6.45) is 0. The summed E-state index contributed by atoms with van der Waals surface area (Å²) >= 11 is 5.78. The smallest absolute Gasteiger partial charge is 0.198 e. The molecule has 0 aromatic heterocycles. The molecule has 0 fully saturated rings. The van der Waals surface area contributed by atoms with E-state index in [-0.39, 0.29) is 9.92 Å². The molecule has 0 heterocycles. The summed E-state index contributed by atoms with van der Waals surface area (Å²) in [5.74, 6) is 0. The van der Waals surface area contributed by atoms with Crippen molar-refractivity contribution in [3.63, 3.8) is 0 Å². The molecule has 15 heavy (non-hydrogen) atoms. The van der Waals surface area contributed by atoms with E-state index >= 15 is 0 Å². The van der Waals surface area contributed by atoms with Crippen molar-refractivity contribution in [1.29, 1.82) is 5.26 Å². The Morgan fingerprint density at radius 3 is 2.33 bits per heavy atom. The molecule has 1 aromatic rings. The van der Waals surface area contributed by atoms with Gasteiger partial charge in [-0.2, -0.15) is 5.26 Å². The Hall–Kier alpha value is -1.05. The molecular formula is C10H10ClNO2S. The third kappa shape index (κ3) is 1.99. The molecule has 0 saturated carbocycles. The molecule has 0 spiro atoms. The summed E-state index contributed by atoms with van der Waals surface area (Å²) in [5, 5.41) is 8.95. The lowest BCUT2D eigenvalue weighted by Gasteiger charge is -2.16. The highest BCUT2D eigenvalue weighted by Gasteiger charge is 2.37. The SMILES string of the molecule is CC(C)(C#N)S(=O)(=O)c1ccccc1Cl. The van der Waals surface area contributed by atoms with Crippen LogP contribution in [0, 0.1) is 11.3 Å². The molecule has 0 unspecified atom stereocenters. The van der Waals surface area contributed by atoms with Gasteiger partial charge in [0, 0.05) is 0 Å². The highest BCUT2D eigenvalue weighted by Crippen LogP contribution is 2.29. The number of nitriles is 1. The minimum absolute atomic E-state index is 0.00165. The van der Waals surface area contributed by atoms with Crippen molar-refractivity contribution in [2.75, 3.05) is 0 Å². The first-order valence-corrected chi connectivity index (χ1v) is 6.09. The molecule has 0 aliphatic rings. The Morgan fingerprint density at radius 2 is 1.87 bits per heavy atom. The van der Waals surface area contributed by atoms with Crippen LogP contribution in [0.1, 0.15) is 13.8 Å². The Labute approximate surface area is 94.2 Å².